The Morgan fingerprint density at radius 3 is 2.54 bits per heavy atom. The van der Waals surface area contributed by atoms with Crippen LogP contribution in [0.4, 0.5) is 15.8 Å². The monoisotopic (exact) mass is 376 g/mol. The molecule has 5 nitrogen and oxygen atoms in total. The largest absolute Gasteiger partial charge is 0.361 e. The Balaban J connectivity index is 1.73. The van der Waals surface area contributed by atoms with Gasteiger partial charge in [0, 0.05) is 36.4 Å². The first-order valence-corrected chi connectivity index (χ1v) is 9.01. The highest BCUT2D eigenvalue weighted by Crippen LogP contribution is 2.34. The van der Waals surface area contributed by atoms with Gasteiger partial charge in [-0.2, -0.15) is 0 Å². The van der Waals surface area contributed by atoms with Crippen molar-refractivity contribution in [3.05, 3.63) is 78.0 Å². The fourth-order valence-corrected chi connectivity index (χ4v) is 3.48. The summed E-state index contributed by atoms with van der Waals surface area (Å²) in [5, 5.41) is 4.05. The number of anilines is 2. The smallest absolute Gasteiger partial charge is 0.149 e. The third kappa shape index (κ3) is 3.07. The molecule has 4 rings (SSSR count). The van der Waals surface area contributed by atoms with Crippen LogP contribution in [0.25, 0.3) is 16.8 Å². The normalized spacial score (nSPS) is 11.0. The molecule has 0 aliphatic heterocycles. The maximum atomic E-state index is 14.7. The number of benzene rings is 2. The predicted molar refractivity (Wildman–Crippen MR) is 108 cm³/mol. The van der Waals surface area contributed by atoms with Gasteiger partial charge in [0.1, 0.15) is 11.6 Å². The van der Waals surface area contributed by atoms with Crippen molar-refractivity contribution in [2.45, 2.75) is 20.8 Å². The SMILES string of the molecule is Cc1ccc(-c2c(C)noc2C)cc1N(C)c1ccc(-n2ccnc2)c(F)c1. The zero-order valence-corrected chi connectivity index (χ0v) is 16.3. The summed E-state index contributed by atoms with van der Waals surface area (Å²) in [5.41, 5.74) is 6.20. The zero-order chi connectivity index (χ0) is 19.8. The van der Waals surface area contributed by atoms with E-state index in [1.165, 1.54) is 6.07 Å². The van der Waals surface area contributed by atoms with Crippen LogP contribution in [0.2, 0.25) is 0 Å². The number of rotatable bonds is 4. The van der Waals surface area contributed by atoms with Crippen molar-refractivity contribution in [1.82, 2.24) is 14.7 Å². The van der Waals surface area contributed by atoms with E-state index >= 15 is 0 Å². The van der Waals surface area contributed by atoms with E-state index in [9.17, 15) is 4.39 Å². The summed E-state index contributed by atoms with van der Waals surface area (Å²) in [7, 11) is 1.94. The highest BCUT2D eigenvalue weighted by molar-refractivity contribution is 5.76. The number of hydrogen-bond donors (Lipinski definition) is 0. The molecule has 2 aromatic carbocycles. The van der Waals surface area contributed by atoms with Crippen LogP contribution in [0.5, 0.6) is 0 Å². The van der Waals surface area contributed by atoms with E-state index in [2.05, 4.69) is 28.3 Å². The summed E-state index contributed by atoms with van der Waals surface area (Å²) in [6, 6.07) is 11.4. The summed E-state index contributed by atoms with van der Waals surface area (Å²) >= 11 is 0. The second-order valence-corrected chi connectivity index (χ2v) is 6.87. The summed E-state index contributed by atoms with van der Waals surface area (Å²) in [4.78, 5) is 5.96. The number of aromatic nitrogens is 3. The average molecular weight is 376 g/mol. The molecular weight excluding hydrogens is 355 g/mol. The number of nitrogens with zero attached hydrogens (tertiary/aromatic N) is 4. The summed E-state index contributed by atoms with van der Waals surface area (Å²) in [6.07, 6.45) is 4.93. The predicted octanol–water partition coefficient (Wildman–Crippen LogP) is 5.36. The van der Waals surface area contributed by atoms with Crippen LogP contribution in [-0.2, 0) is 0 Å². The maximum Gasteiger partial charge on any atom is 0.149 e. The Bertz CT molecular complexity index is 1110. The quantitative estimate of drug-likeness (QED) is 0.481. The van der Waals surface area contributed by atoms with Gasteiger partial charge in [-0.3, -0.25) is 0 Å². The summed E-state index contributed by atoms with van der Waals surface area (Å²) < 4.78 is 21.7. The van der Waals surface area contributed by atoms with Gasteiger partial charge in [-0.25, -0.2) is 9.37 Å². The summed E-state index contributed by atoms with van der Waals surface area (Å²) in [6.45, 7) is 5.88. The third-order valence-electron chi connectivity index (χ3n) is 4.99. The molecule has 0 bridgehead atoms. The highest BCUT2D eigenvalue weighted by Gasteiger charge is 2.16. The molecule has 28 heavy (non-hydrogen) atoms. The Hall–Kier alpha value is -3.41. The number of halogens is 1. The average Bonchev–Trinajstić information content (AvgIpc) is 3.32. The minimum atomic E-state index is -0.304. The number of aryl methyl sites for hydroxylation is 3. The van der Waals surface area contributed by atoms with Gasteiger partial charge in [0.15, 0.2) is 0 Å². The van der Waals surface area contributed by atoms with Crippen molar-refractivity contribution in [1.29, 1.82) is 0 Å². The fraction of sp³-hybridized carbons (Fsp3) is 0.182. The van der Waals surface area contributed by atoms with Crippen molar-refractivity contribution in [2.75, 3.05) is 11.9 Å². The van der Waals surface area contributed by atoms with Crippen LogP contribution in [0.15, 0.2) is 59.6 Å². The van der Waals surface area contributed by atoms with Crippen molar-refractivity contribution in [3.63, 3.8) is 0 Å². The molecule has 0 saturated heterocycles. The van der Waals surface area contributed by atoms with Gasteiger partial charge in [-0.05, 0) is 56.2 Å². The molecule has 0 atom stereocenters. The van der Waals surface area contributed by atoms with Gasteiger partial charge in [-0.1, -0.05) is 17.3 Å². The van der Waals surface area contributed by atoms with E-state index in [1.54, 1.807) is 29.4 Å². The van der Waals surface area contributed by atoms with E-state index in [4.69, 9.17) is 4.52 Å². The van der Waals surface area contributed by atoms with Crippen LogP contribution in [0.1, 0.15) is 17.0 Å². The van der Waals surface area contributed by atoms with Gasteiger partial charge in [0.25, 0.3) is 0 Å². The van der Waals surface area contributed by atoms with Crippen molar-refractivity contribution in [3.8, 4) is 16.8 Å². The lowest BCUT2D eigenvalue weighted by molar-refractivity contribution is 0.393. The number of imidazole rings is 1. The molecule has 6 heteroatoms. The fourth-order valence-electron chi connectivity index (χ4n) is 3.48. The minimum absolute atomic E-state index is 0.304. The zero-order valence-electron chi connectivity index (χ0n) is 16.3. The molecule has 0 unspecified atom stereocenters. The standard InChI is InChI=1S/C22H21FN4O/c1-14-5-6-17(22-15(2)25-28-16(22)3)11-21(14)26(4)18-7-8-20(19(23)12-18)27-10-9-24-13-27/h5-13H,1-4H3. The number of hydrogen-bond acceptors (Lipinski definition) is 4. The maximum absolute atomic E-state index is 14.7. The van der Waals surface area contributed by atoms with E-state index < -0.39 is 0 Å². The Labute approximate surface area is 163 Å². The van der Waals surface area contributed by atoms with Crippen molar-refractivity contribution < 1.29 is 8.91 Å². The van der Waals surface area contributed by atoms with Crippen LogP contribution >= 0.6 is 0 Å². The molecule has 0 aliphatic rings. The Morgan fingerprint density at radius 1 is 1.07 bits per heavy atom. The molecule has 0 aliphatic carbocycles. The van der Waals surface area contributed by atoms with Crippen LogP contribution in [-0.4, -0.2) is 21.8 Å². The lowest BCUT2D eigenvalue weighted by Crippen LogP contribution is -2.12. The molecule has 0 N–H and O–H groups in total. The molecule has 0 radical (unpaired) electrons. The second-order valence-electron chi connectivity index (χ2n) is 6.87. The van der Waals surface area contributed by atoms with Gasteiger partial charge >= 0.3 is 0 Å². The first kappa shape index (κ1) is 18.0. The first-order valence-electron chi connectivity index (χ1n) is 9.01. The van der Waals surface area contributed by atoms with Crippen LogP contribution < -0.4 is 4.90 Å². The molecule has 4 aromatic rings. The molecular formula is C22H21FN4O. The molecule has 0 saturated carbocycles. The summed E-state index contributed by atoms with van der Waals surface area (Å²) in [5.74, 6) is 0.479. The van der Waals surface area contributed by atoms with Crippen LogP contribution in [0, 0.1) is 26.6 Å². The van der Waals surface area contributed by atoms with E-state index in [-0.39, 0.29) is 5.82 Å². The third-order valence-corrected chi connectivity index (χ3v) is 4.99. The van der Waals surface area contributed by atoms with Crippen molar-refractivity contribution in [2.24, 2.45) is 0 Å². The van der Waals surface area contributed by atoms with Gasteiger partial charge in [0.05, 0.1) is 17.7 Å². The van der Waals surface area contributed by atoms with E-state index in [1.807, 2.05) is 38.8 Å². The van der Waals surface area contributed by atoms with Gasteiger partial charge in [-0.15, -0.1) is 0 Å². The molecule has 2 aromatic heterocycles. The Kier molecular flexibility index (Phi) is 4.47. The van der Waals surface area contributed by atoms with Crippen LogP contribution in [0.3, 0.4) is 0 Å². The molecule has 2 heterocycles. The first-order chi connectivity index (χ1) is 13.5. The van der Waals surface area contributed by atoms with E-state index in [0.29, 0.717) is 5.69 Å². The highest BCUT2D eigenvalue weighted by atomic mass is 19.1. The lowest BCUT2D eigenvalue weighted by Gasteiger charge is -2.23. The van der Waals surface area contributed by atoms with Crippen molar-refractivity contribution >= 4 is 11.4 Å². The minimum Gasteiger partial charge on any atom is -0.361 e. The van der Waals surface area contributed by atoms with Gasteiger partial charge < -0.3 is 14.0 Å². The van der Waals surface area contributed by atoms with Gasteiger partial charge in [0.2, 0.25) is 0 Å². The molecule has 0 amide bonds. The topological polar surface area (TPSA) is 47.1 Å². The molecule has 142 valence electrons. The van der Waals surface area contributed by atoms with E-state index in [0.717, 1.165) is 39.5 Å². The Morgan fingerprint density at radius 2 is 1.89 bits per heavy atom. The molecule has 0 fully saturated rings. The second kappa shape index (κ2) is 6.96. The molecule has 0 spiro atoms. The lowest BCUT2D eigenvalue weighted by atomic mass is 10.0.